The minimum Gasteiger partial charge on any atom is -0.321 e. The van der Waals surface area contributed by atoms with Crippen LogP contribution in [0.1, 0.15) is 43.2 Å². The highest BCUT2D eigenvalue weighted by atomic mass is 14.8. The molecule has 0 radical (unpaired) electrons. The van der Waals surface area contributed by atoms with E-state index in [0.717, 1.165) is 0 Å². The van der Waals surface area contributed by atoms with Crippen molar-refractivity contribution in [1.29, 1.82) is 0 Å². The standard InChI is InChI=1S/C14H19N/c1-11-4-2-5-12(8-11)14(15)9-13(10-14)6-3-7-13/h2,4-5,8H,3,6-7,9-10,15H2,1H3. The number of benzene rings is 1. The monoisotopic (exact) mass is 201 g/mol. The molecule has 2 aliphatic rings. The molecular weight excluding hydrogens is 182 g/mol. The summed E-state index contributed by atoms with van der Waals surface area (Å²) >= 11 is 0. The summed E-state index contributed by atoms with van der Waals surface area (Å²) in [7, 11) is 0. The van der Waals surface area contributed by atoms with Crippen LogP contribution in [0, 0.1) is 12.3 Å². The van der Waals surface area contributed by atoms with Gasteiger partial charge in [0.2, 0.25) is 0 Å². The van der Waals surface area contributed by atoms with Crippen LogP contribution >= 0.6 is 0 Å². The van der Waals surface area contributed by atoms with Gasteiger partial charge in [-0.3, -0.25) is 0 Å². The molecule has 0 heterocycles. The highest BCUT2D eigenvalue weighted by Crippen LogP contribution is 2.62. The van der Waals surface area contributed by atoms with Gasteiger partial charge in [-0.15, -0.1) is 0 Å². The third-order valence-corrected chi connectivity index (χ3v) is 4.39. The van der Waals surface area contributed by atoms with E-state index in [1.165, 1.54) is 43.2 Å². The quantitative estimate of drug-likeness (QED) is 0.742. The fourth-order valence-electron chi connectivity index (χ4n) is 3.48. The van der Waals surface area contributed by atoms with E-state index in [1.807, 2.05) is 0 Å². The van der Waals surface area contributed by atoms with E-state index < -0.39 is 0 Å². The summed E-state index contributed by atoms with van der Waals surface area (Å²) in [6.45, 7) is 2.14. The SMILES string of the molecule is Cc1cccc(C2(N)CC3(CCC3)C2)c1. The maximum atomic E-state index is 6.48. The average Bonchev–Trinajstić information content (AvgIpc) is 2.10. The van der Waals surface area contributed by atoms with Crippen LogP contribution < -0.4 is 5.73 Å². The Kier molecular flexibility index (Phi) is 1.79. The third-order valence-electron chi connectivity index (χ3n) is 4.39. The summed E-state index contributed by atoms with van der Waals surface area (Å²) in [6, 6.07) is 8.72. The molecule has 0 aliphatic heterocycles. The number of hydrogen-bond donors (Lipinski definition) is 1. The Bertz CT molecular complexity index is 382. The second-order valence-corrected chi connectivity index (χ2v) is 5.73. The van der Waals surface area contributed by atoms with Gasteiger partial charge in [0.05, 0.1) is 0 Å². The summed E-state index contributed by atoms with van der Waals surface area (Å²) in [5, 5.41) is 0. The van der Waals surface area contributed by atoms with E-state index in [4.69, 9.17) is 5.73 Å². The molecule has 1 nitrogen and oxygen atoms in total. The minimum absolute atomic E-state index is 0.00750. The van der Waals surface area contributed by atoms with Gasteiger partial charge in [-0.1, -0.05) is 36.2 Å². The van der Waals surface area contributed by atoms with Crippen molar-refractivity contribution < 1.29 is 0 Å². The topological polar surface area (TPSA) is 26.0 Å². The predicted octanol–water partition coefficient (Wildman–Crippen LogP) is 3.11. The molecule has 3 rings (SSSR count). The summed E-state index contributed by atoms with van der Waals surface area (Å²) in [5.74, 6) is 0. The average molecular weight is 201 g/mol. The molecule has 1 spiro atoms. The summed E-state index contributed by atoms with van der Waals surface area (Å²) < 4.78 is 0. The van der Waals surface area contributed by atoms with Gasteiger partial charge in [-0.25, -0.2) is 0 Å². The van der Waals surface area contributed by atoms with Crippen molar-refractivity contribution in [3.05, 3.63) is 35.4 Å². The van der Waals surface area contributed by atoms with E-state index in [0.29, 0.717) is 5.41 Å². The van der Waals surface area contributed by atoms with E-state index in [2.05, 4.69) is 31.2 Å². The molecule has 0 atom stereocenters. The van der Waals surface area contributed by atoms with E-state index in [-0.39, 0.29) is 5.54 Å². The van der Waals surface area contributed by atoms with Gasteiger partial charge in [0, 0.05) is 5.54 Å². The number of aryl methyl sites for hydroxylation is 1. The maximum Gasteiger partial charge on any atom is 0.0420 e. The molecule has 1 aromatic carbocycles. The van der Waals surface area contributed by atoms with Gasteiger partial charge in [0.15, 0.2) is 0 Å². The predicted molar refractivity (Wildman–Crippen MR) is 62.6 cm³/mol. The highest BCUT2D eigenvalue weighted by Gasteiger charge is 2.55. The molecule has 0 unspecified atom stereocenters. The van der Waals surface area contributed by atoms with Crippen molar-refractivity contribution in [2.24, 2.45) is 11.1 Å². The van der Waals surface area contributed by atoms with Crippen LogP contribution in [0.4, 0.5) is 0 Å². The van der Waals surface area contributed by atoms with Crippen LogP contribution in [0.15, 0.2) is 24.3 Å². The Balaban J connectivity index is 1.83. The van der Waals surface area contributed by atoms with Crippen molar-refractivity contribution in [1.82, 2.24) is 0 Å². The molecule has 1 aromatic rings. The minimum atomic E-state index is -0.00750. The first kappa shape index (κ1) is 9.41. The van der Waals surface area contributed by atoms with Crippen LogP contribution in [0.5, 0.6) is 0 Å². The van der Waals surface area contributed by atoms with Crippen LogP contribution in [-0.2, 0) is 5.54 Å². The van der Waals surface area contributed by atoms with Gasteiger partial charge >= 0.3 is 0 Å². The van der Waals surface area contributed by atoms with Gasteiger partial charge < -0.3 is 5.73 Å². The van der Waals surface area contributed by atoms with Crippen LogP contribution in [0.2, 0.25) is 0 Å². The molecule has 2 fully saturated rings. The van der Waals surface area contributed by atoms with Crippen molar-refractivity contribution in [3.8, 4) is 0 Å². The van der Waals surface area contributed by atoms with Crippen molar-refractivity contribution in [2.75, 3.05) is 0 Å². The summed E-state index contributed by atoms with van der Waals surface area (Å²) in [4.78, 5) is 0. The molecule has 0 saturated heterocycles. The lowest BCUT2D eigenvalue weighted by atomic mass is 9.47. The highest BCUT2D eigenvalue weighted by molar-refractivity contribution is 5.33. The molecule has 2 aliphatic carbocycles. The largest absolute Gasteiger partial charge is 0.321 e. The van der Waals surface area contributed by atoms with Crippen LogP contribution in [0.25, 0.3) is 0 Å². The van der Waals surface area contributed by atoms with Crippen LogP contribution in [-0.4, -0.2) is 0 Å². The third kappa shape index (κ3) is 1.33. The van der Waals surface area contributed by atoms with Crippen molar-refractivity contribution in [2.45, 2.75) is 44.6 Å². The molecule has 2 saturated carbocycles. The Morgan fingerprint density at radius 3 is 2.47 bits per heavy atom. The zero-order valence-corrected chi connectivity index (χ0v) is 9.42. The number of hydrogen-bond acceptors (Lipinski definition) is 1. The van der Waals surface area contributed by atoms with E-state index >= 15 is 0 Å². The van der Waals surface area contributed by atoms with Crippen molar-refractivity contribution >= 4 is 0 Å². The van der Waals surface area contributed by atoms with Gasteiger partial charge in [0.25, 0.3) is 0 Å². The zero-order chi connectivity index (χ0) is 10.5. The fraction of sp³-hybridized carbons (Fsp3) is 0.571. The second kappa shape index (κ2) is 2.85. The first-order chi connectivity index (χ1) is 7.12. The molecular formula is C14H19N. The Labute approximate surface area is 91.7 Å². The van der Waals surface area contributed by atoms with Gasteiger partial charge in [-0.05, 0) is 43.6 Å². The lowest BCUT2D eigenvalue weighted by Crippen LogP contribution is -2.58. The lowest BCUT2D eigenvalue weighted by molar-refractivity contribution is -0.0462. The molecule has 80 valence electrons. The van der Waals surface area contributed by atoms with Crippen LogP contribution in [0.3, 0.4) is 0 Å². The molecule has 2 N–H and O–H groups in total. The Morgan fingerprint density at radius 2 is 1.93 bits per heavy atom. The number of rotatable bonds is 1. The molecule has 0 amide bonds. The molecule has 1 heteroatoms. The maximum absolute atomic E-state index is 6.48. The first-order valence-corrected chi connectivity index (χ1v) is 5.98. The Morgan fingerprint density at radius 1 is 1.20 bits per heavy atom. The van der Waals surface area contributed by atoms with E-state index in [9.17, 15) is 0 Å². The smallest absolute Gasteiger partial charge is 0.0420 e. The van der Waals surface area contributed by atoms with Gasteiger partial charge in [0.1, 0.15) is 0 Å². The number of nitrogens with two attached hydrogens (primary N) is 1. The summed E-state index contributed by atoms with van der Waals surface area (Å²) in [6.07, 6.45) is 6.67. The normalized spacial score (nSPS) is 25.7. The first-order valence-electron chi connectivity index (χ1n) is 5.98. The second-order valence-electron chi connectivity index (χ2n) is 5.73. The molecule has 0 bridgehead atoms. The van der Waals surface area contributed by atoms with Gasteiger partial charge in [-0.2, -0.15) is 0 Å². The Hall–Kier alpha value is -0.820. The molecule has 15 heavy (non-hydrogen) atoms. The van der Waals surface area contributed by atoms with Crippen molar-refractivity contribution in [3.63, 3.8) is 0 Å². The zero-order valence-electron chi connectivity index (χ0n) is 9.42. The fourth-order valence-corrected chi connectivity index (χ4v) is 3.48. The lowest BCUT2D eigenvalue weighted by Gasteiger charge is -2.60. The molecule has 0 aromatic heterocycles. The summed E-state index contributed by atoms with van der Waals surface area (Å²) in [5.41, 5.74) is 9.79. The van der Waals surface area contributed by atoms with E-state index in [1.54, 1.807) is 0 Å².